The lowest BCUT2D eigenvalue weighted by Crippen LogP contribution is -2.55. The van der Waals surface area contributed by atoms with Crippen LogP contribution in [0.25, 0.3) is 0 Å². The van der Waals surface area contributed by atoms with Gasteiger partial charge in [0.2, 0.25) is 29.5 Å². The summed E-state index contributed by atoms with van der Waals surface area (Å²) in [5.74, 6) is 0.466. The van der Waals surface area contributed by atoms with Crippen LogP contribution in [0.15, 0.2) is 78.9 Å². The second-order valence-electron chi connectivity index (χ2n) is 13.8. The average Bonchev–Trinajstić information content (AvgIpc) is 3.55. The first kappa shape index (κ1) is 43.6. The van der Waals surface area contributed by atoms with Crippen LogP contribution in [-0.2, 0) is 56.2 Å². The van der Waals surface area contributed by atoms with Gasteiger partial charge in [0, 0.05) is 49.8 Å². The van der Waals surface area contributed by atoms with Gasteiger partial charge in [0.25, 0.3) is 11.8 Å². The van der Waals surface area contributed by atoms with Crippen LogP contribution < -0.4 is 37.2 Å². The number of rotatable bonds is 18. The summed E-state index contributed by atoms with van der Waals surface area (Å²) in [4.78, 5) is 121. The molecule has 60 heavy (non-hydrogen) atoms. The average molecular weight is 821 g/mol. The predicted molar refractivity (Wildman–Crippen MR) is 213 cm³/mol. The molecule has 0 spiro atoms. The number of nitrogens with one attached hydrogen (secondary N) is 5. The van der Waals surface area contributed by atoms with E-state index < -0.39 is 72.6 Å². The summed E-state index contributed by atoms with van der Waals surface area (Å²) in [6.07, 6.45) is -0.698. The molecule has 312 valence electrons. The van der Waals surface area contributed by atoms with E-state index >= 15 is 0 Å². The Balaban J connectivity index is 1.13. The van der Waals surface area contributed by atoms with Crippen molar-refractivity contribution in [3.05, 3.63) is 101 Å². The smallest absolute Gasteiger partial charge is 0.352 e. The maximum absolute atomic E-state index is 13.6. The third-order valence-electron chi connectivity index (χ3n) is 9.32. The number of carbonyl (C=O) groups is 9. The zero-order valence-corrected chi connectivity index (χ0v) is 32.5. The van der Waals surface area contributed by atoms with Crippen LogP contribution in [0, 0.1) is 11.8 Å². The van der Waals surface area contributed by atoms with Gasteiger partial charge in [-0.15, -0.1) is 5.06 Å². The molecule has 3 aromatic carbocycles. The first-order chi connectivity index (χ1) is 28.9. The van der Waals surface area contributed by atoms with E-state index in [1.807, 2.05) is 36.4 Å². The van der Waals surface area contributed by atoms with Crippen LogP contribution in [-0.4, -0.2) is 90.1 Å². The van der Waals surface area contributed by atoms with Crippen LogP contribution in [0.4, 0.5) is 10.5 Å². The molecule has 9 amide bonds. The fourth-order valence-electron chi connectivity index (χ4n) is 6.23. The predicted octanol–water partition coefficient (Wildman–Crippen LogP) is 0.214. The van der Waals surface area contributed by atoms with E-state index in [1.165, 1.54) is 0 Å². The van der Waals surface area contributed by atoms with Crippen LogP contribution in [0.1, 0.15) is 60.8 Å². The van der Waals surface area contributed by atoms with Crippen molar-refractivity contribution >= 4 is 59.0 Å². The lowest BCUT2D eigenvalue weighted by molar-refractivity contribution is -0.199. The quantitative estimate of drug-likeness (QED) is 0.0578. The number of hydrogen-bond donors (Lipinski definition) is 6. The second-order valence-corrected chi connectivity index (χ2v) is 13.8. The summed E-state index contributed by atoms with van der Waals surface area (Å²) in [6.45, 7) is -0.806. The van der Waals surface area contributed by atoms with Crippen molar-refractivity contribution in [1.82, 2.24) is 31.6 Å². The lowest BCUT2D eigenvalue weighted by atomic mass is 10.0. The van der Waals surface area contributed by atoms with Gasteiger partial charge < -0.3 is 42.1 Å². The third-order valence-corrected chi connectivity index (χ3v) is 9.32. The van der Waals surface area contributed by atoms with Crippen molar-refractivity contribution in [2.45, 2.75) is 63.6 Å². The topological polar surface area (TPSA) is 256 Å². The molecule has 0 unspecified atom stereocenters. The van der Waals surface area contributed by atoms with Gasteiger partial charge >= 0.3 is 12.0 Å². The number of fused-ring (bicyclic) bond motifs is 2. The highest BCUT2D eigenvalue weighted by Gasteiger charge is 2.36. The molecule has 1 saturated heterocycles. The number of nitrogens with two attached hydrogens (primary N) is 1. The Kier molecular flexibility index (Phi) is 15.5. The van der Waals surface area contributed by atoms with Crippen LogP contribution in [0.2, 0.25) is 0 Å². The molecular formula is C42H44N8O10. The minimum atomic E-state index is -1.42. The first-order valence-corrected chi connectivity index (χ1v) is 19.1. The number of benzene rings is 3. The third kappa shape index (κ3) is 12.7. The van der Waals surface area contributed by atoms with Crippen molar-refractivity contribution in [3.63, 3.8) is 0 Å². The number of primary amides is 1. The molecule has 2 heterocycles. The summed E-state index contributed by atoms with van der Waals surface area (Å²) in [5, 5.41) is 12.5. The molecule has 3 aromatic rings. The highest BCUT2D eigenvalue weighted by atomic mass is 16.7. The molecule has 18 heteroatoms. The fraction of sp³-hybridized carbons (Fsp3) is 0.310. The van der Waals surface area contributed by atoms with E-state index in [-0.39, 0.29) is 63.9 Å². The molecule has 5 rings (SSSR count). The summed E-state index contributed by atoms with van der Waals surface area (Å²) in [7, 11) is 0. The number of imide groups is 1. The standard InChI is InChI=1S/C42H44N8O10/c43-42(59)44-22-8-14-31(41(58)60-50-38(55)20-21-39(50)56)48-40(57)32(23-27-9-2-1-3-10-27)47-36(53)25-46-35(52)24-45-34(51)18-19-37(54)49-26-30-13-5-4-11-28(30)16-17-29-12-6-7-15-33(29)49/h1-7,9-13,15,31-32H,8,14,18-26H2,(H,45,51)(H,46,52)(H,47,53)(H,48,57)(H3,43,44,59)/t31-,32-/m0/s1. The van der Waals surface area contributed by atoms with Gasteiger partial charge in [-0.1, -0.05) is 72.5 Å². The molecule has 0 radical (unpaired) electrons. The molecule has 2 atom stereocenters. The number of hydroxylamine groups is 2. The summed E-state index contributed by atoms with van der Waals surface area (Å²) >= 11 is 0. The van der Waals surface area contributed by atoms with Gasteiger partial charge in [0.15, 0.2) is 0 Å². The molecule has 0 bridgehead atoms. The maximum Gasteiger partial charge on any atom is 0.355 e. The van der Waals surface area contributed by atoms with E-state index in [9.17, 15) is 43.2 Å². The summed E-state index contributed by atoms with van der Waals surface area (Å²) in [5.41, 5.74) is 8.68. The molecular weight excluding hydrogens is 777 g/mol. The number of para-hydroxylation sites is 1. The minimum Gasteiger partial charge on any atom is -0.352 e. The number of amides is 9. The number of carbonyl (C=O) groups excluding carboxylic acids is 9. The van der Waals surface area contributed by atoms with E-state index in [1.54, 1.807) is 47.4 Å². The second kappa shape index (κ2) is 21.3. The fourth-order valence-corrected chi connectivity index (χ4v) is 6.23. The Morgan fingerprint density at radius 3 is 2.07 bits per heavy atom. The molecule has 0 aliphatic carbocycles. The van der Waals surface area contributed by atoms with Crippen LogP contribution in [0.5, 0.6) is 0 Å². The van der Waals surface area contributed by atoms with Gasteiger partial charge in [0.05, 0.1) is 25.3 Å². The van der Waals surface area contributed by atoms with E-state index in [0.717, 1.165) is 11.1 Å². The van der Waals surface area contributed by atoms with Crippen LogP contribution >= 0.6 is 0 Å². The van der Waals surface area contributed by atoms with Crippen molar-refractivity contribution < 1.29 is 48.0 Å². The zero-order valence-electron chi connectivity index (χ0n) is 32.5. The first-order valence-electron chi connectivity index (χ1n) is 19.1. The Morgan fingerprint density at radius 2 is 1.33 bits per heavy atom. The van der Waals surface area contributed by atoms with E-state index in [4.69, 9.17) is 10.6 Å². The number of nitrogens with zero attached hydrogens (tertiary/aromatic N) is 2. The minimum absolute atomic E-state index is 0.0259. The number of hydrogen-bond acceptors (Lipinski definition) is 10. The van der Waals surface area contributed by atoms with Gasteiger partial charge in [-0.05, 0) is 42.2 Å². The van der Waals surface area contributed by atoms with E-state index in [2.05, 4.69) is 38.4 Å². The monoisotopic (exact) mass is 820 g/mol. The summed E-state index contributed by atoms with van der Waals surface area (Å²) < 4.78 is 0. The Morgan fingerprint density at radius 1 is 0.700 bits per heavy atom. The van der Waals surface area contributed by atoms with E-state index in [0.29, 0.717) is 21.9 Å². The molecule has 0 saturated carbocycles. The lowest BCUT2D eigenvalue weighted by Gasteiger charge is -2.26. The normalized spacial score (nSPS) is 13.7. The van der Waals surface area contributed by atoms with Gasteiger partial charge in [-0.25, -0.2) is 9.59 Å². The Hall–Kier alpha value is -7.55. The number of anilines is 1. The highest BCUT2D eigenvalue weighted by molar-refractivity contribution is 6.02. The van der Waals surface area contributed by atoms with Crippen molar-refractivity contribution in [1.29, 1.82) is 0 Å². The molecule has 18 nitrogen and oxygen atoms in total. The Bertz CT molecular complexity index is 2190. The molecule has 7 N–H and O–H groups in total. The van der Waals surface area contributed by atoms with Crippen molar-refractivity contribution in [3.8, 4) is 11.8 Å². The maximum atomic E-state index is 13.6. The van der Waals surface area contributed by atoms with Crippen LogP contribution in [0.3, 0.4) is 0 Å². The Labute approximate surface area is 344 Å². The SMILES string of the molecule is NC(=O)NCCC[C@H](NC(=O)[C@H](Cc1ccccc1)NC(=O)CNC(=O)CNC(=O)CCC(=O)N1Cc2ccccc2C#Cc2ccccc21)C(=O)ON1C(=O)CCC1=O. The van der Waals surface area contributed by atoms with Gasteiger partial charge in [-0.3, -0.25) is 33.6 Å². The number of urea groups is 1. The molecule has 2 aliphatic rings. The van der Waals surface area contributed by atoms with Gasteiger partial charge in [0.1, 0.15) is 12.1 Å². The van der Waals surface area contributed by atoms with Gasteiger partial charge in [-0.2, -0.15) is 0 Å². The molecule has 2 aliphatic heterocycles. The highest BCUT2D eigenvalue weighted by Crippen LogP contribution is 2.26. The van der Waals surface area contributed by atoms with Crippen molar-refractivity contribution in [2.75, 3.05) is 24.5 Å². The zero-order chi connectivity index (χ0) is 43.0. The van der Waals surface area contributed by atoms with Crippen molar-refractivity contribution in [2.24, 2.45) is 5.73 Å². The summed E-state index contributed by atoms with van der Waals surface area (Å²) in [6, 6.07) is 19.8. The molecule has 0 aromatic heterocycles. The molecule has 1 fully saturated rings. The largest absolute Gasteiger partial charge is 0.355 e.